The molecule has 2 aromatic heterocycles. The number of piperidine rings is 1. The molecule has 4 aromatic rings. The van der Waals surface area contributed by atoms with Gasteiger partial charge in [0.15, 0.2) is 0 Å². The molecule has 43 heavy (non-hydrogen) atoms. The zero-order valence-electron chi connectivity index (χ0n) is 24.7. The second kappa shape index (κ2) is 12.4. The van der Waals surface area contributed by atoms with Gasteiger partial charge in [0.2, 0.25) is 5.91 Å². The molecule has 4 heterocycles. The molecular weight excluding hydrogens is 546 g/mol. The number of likely N-dealkylation sites (tertiary alicyclic amines) is 1. The third-order valence-electron chi connectivity index (χ3n) is 8.55. The van der Waals surface area contributed by atoms with E-state index in [1.54, 1.807) is 11.8 Å². The van der Waals surface area contributed by atoms with Gasteiger partial charge in [-0.1, -0.05) is 48.5 Å². The van der Waals surface area contributed by atoms with Gasteiger partial charge in [-0.3, -0.25) is 4.79 Å². The smallest absolute Gasteiger partial charge is 0.407 e. The number of ether oxygens (including phenoxy) is 3. The van der Waals surface area contributed by atoms with Crippen molar-refractivity contribution < 1.29 is 23.8 Å². The zero-order chi connectivity index (χ0) is 29.9. The van der Waals surface area contributed by atoms with Gasteiger partial charge < -0.3 is 34.4 Å². The summed E-state index contributed by atoms with van der Waals surface area (Å²) in [5, 5.41) is 2.64. The first kappa shape index (κ1) is 28.7. The predicted octanol–water partition coefficient (Wildman–Crippen LogP) is 5.58. The highest BCUT2D eigenvalue weighted by Crippen LogP contribution is 2.34. The van der Waals surface area contributed by atoms with E-state index in [4.69, 9.17) is 14.2 Å². The maximum Gasteiger partial charge on any atom is 0.407 e. The zero-order valence-corrected chi connectivity index (χ0v) is 24.7. The maximum atomic E-state index is 13.6. The monoisotopic (exact) mass is 583 g/mol. The van der Waals surface area contributed by atoms with Gasteiger partial charge in [0.05, 0.1) is 50.1 Å². The molecule has 2 aliphatic heterocycles. The molecule has 0 radical (unpaired) electrons. The average molecular weight is 584 g/mol. The number of nitrogens with one attached hydrogen (secondary N) is 3. The minimum absolute atomic E-state index is 0.216. The number of amides is 2. The third kappa shape index (κ3) is 5.80. The van der Waals surface area contributed by atoms with Crippen molar-refractivity contribution in [1.82, 2.24) is 25.2 Å². The summed E-state index contributed by atoms with van der Waals surface area (Å²) in [5.74, 6) is 0.512. The van der Waals surface area contributed by atoms with Gasteiger partial charge in [-0.2, -0.15) is 0 Å². The van der Waals surface area contributed by atoms with E-state index in [0.717, 1.165) is 58.7 Å². The number of imidazole rings is 1. The summed E-state index contributed by atoms with van der Waals surface area (Å²) in [6.45, 7) is 3.65. The number of aromatic amines is 2. The van der Waals surface area contributed by atoms with E-state index in [1.165, 1.54) is 25.3 Å². The topological polar surface area (TPSA) is 122 Å². The molecule has 2 amide bonds. The number of carbonyl (C=O) groups is 2. The Labute approximate surface area is 250 Å². The van der Waals surface area contributed by atoms with Crippen LogP contribution in [-0.2, 0) is 32.2 Å². The van der Waals surface area contributed by atoms with Crippen LogP contribution in [0.25, 0.3) is 33.6 Å². The largest absolute Gasteiger partial charge is 0.453 e. The van der Waals surface area contributed by atoms with E-state index in [-0.39, 0.29) is 11.9 Å². The summed E-state index contributed by atoms with van der Waals surface area (Å²) >= 11 is 0. The second-order valence-corrected chi connectivity index (χ2v) is 11.1. The Morgan fingerprint density at radius 2 is 1.70 bits per heavy atom. The van der Waals surface area contributed by atoms with Crippen molar-refractivity contribution in [2.45, 2.75) is 57.6 Å². The number of nitrogens with zero attached hydrogens (tertiary/aromatic N) is 2. The lowest BCUT2D eigenvalue weighted by atomic mass is 9.99. The lowest BCUT2D eigenvalue weighted by Gasteiger charge is -2.37. The van der Waals surface area contributed by atoms with Gasteiger partial charge in [0, 0.05) is 31.0 Å². The molecule has 2 aliphatic rings. The summed E-state index contributed by atoms with van der Waals surface area (Å²) in [7, 11) is 2.79. The van der Waals surface area contributed by atoms with Crippen LogP contribution < -0.4 is 5.32 Å². The van der Waals surface area contributed by atoms with Gasteiger partial charge in [-0.15, -0.1) is 0 Å². The van der Waals surface area contributed by atoms with E-state index < -0.39 is 18.2 Å². The van der Waals surface area contributed by atoms with Crippen LogP contribution in [0, 0.1) is 0 Å². The molecule has 0 bridgehead atoms. The van der Waals surface area contributed by atoms with Gasteiger partial charge in [0.25, 0.3) is 0 Å². The fourth-order valence-electron chi connectivity index (χ4n) is 5.99. The Kier molecular flexibility index (Phi) is 8.31. The average Bonchev–Trinajstić information content (AvgIpc) is 3.82. The number of rotatable bonds is 8. The number of H-pyrrole nitrogens is 2. The van der Waals surface area contributed by atoms with Crippen LogP contribution in [0.4, 0.5) is 4.79 Å². The Bertz CT molecular complexity index is 1580. The standard InChI is InChI=1S/C33H37N5O5/c1-20(41-2)29(37-33(40)42-3)32(39)38-15-5-4-6-28(38)31-35-17-27(36-31)23-11-7-21(8-12-23)22-9-13-24(14-10-22)30-26-19-43-18-25(26)16-34-30/h7-14,16-17,20,28-29,34H,4-6,15,18-19H2,1-3H3,(H,35,36)(H,37,40)/t20-,28+,29+/m1/s1. The Balaban J connectivity index is 1.17. The number of fused-ring (bicyclic) bond motifs is 1. The number of hydrogen-bond acceptors (Lipinski definition) is 6. The highest BCUT2D eigenvalue weighted by Gasteiger charge is 2.37. The predicted molar refractivity (Wildman–Crippen MR) is 162 cm³/mol. The van der Waals surface area contributed by atoms with Gasteiger partial charge in [-0.25, -0.2) is 9.78 Å². The number of methoxy groups -OCH3 is 2. The SMILES string of the molecule is COC(=O)N[C@H](C(=O)N1CCCC[C@H]1c1ncc(-c2ccc(-c3ccc(-c4[nH]cc5c4COC5)cc3)cc2)[nH]1)[C@@H](C)OC. The fourth-order valence-corrected chi connectivity index (χ4v) is 5.99. The quantitative estimate of drug-likeness (QED) is 0.249. The molecule has 3 N–H and O–H groups in total. The summed E-state index contributed by atoms with van der Waals surface area (Å²) in [4.78, 5) is 39.0. The molecule has 0 spiro atoms. The highest BCUT2D eigenvalue weighted by molar-refractivity contribution is 5.86. The highest BCUT2D eigenvalue weighted by atomic mass is 16.5. The van der Waals surface area contributed by atoms with E-state index in [1.807, 2.05) is 12.4 Å². The Hall–Kier alpha value is -4.41. The Morgan fingerprint density at radius 1 is 1.00 bits per heavy atom. The molecule has 224 valence electrons. The van der Waals surface area contributed by atoms with Gasteiger partial charge in [-0.05, 0) is 48.4 Å². The van der Waals surface area contributed by atoms with Crippen LogP contribution >= 0.6 is 0 Å². The third-order valence-corrected chi connectivity index (χ3v) is 8.55. The number of alkyl carbamates (subject to hydrolysis) is 1. The van der Waals surface area contributed by atoms with Crippen LogP contribution in [0.5, 0.6) is 0 Å². The van der Waals surface area contributed by atoms with Crippen molar-refractivity contribution in [3.63, 3.8) is 0 Å². The lowest BCUT2D eigenvalue weighted by Crippen LogP contribution is -2.55. The number of hydrogen-bond donors (Lipinski definition) is 3. The van der Waals surface area contributed by atoms with Crippen LogP contribution in [0.2, 0.25) is 0 Å². The minimum atomic E-state index is -0.869. The second-order valence-electron chi connectivity index (χ2n) is 11.1. The van der Waals surface area contributed by atoms with Crippen LogP contribution in [0.3, 0.4) is 0 Å². The van der Waals surface area contributed by atoms with Crippen LogP contribution in [-0.4, -0.2) is 64.8 Å². The molecule has 0 unspecified atom stereocenters. The Morgan fingerprint density at radius 3 is 2.40 bits per heavy atom. The molecule has 10 heteroatoms. The molecule has 1 fully saturated rings. The fraction of sp³-hybridized carbons (Fsp3) is 0.364. The number of benzene rings is 2. The van der Waals surface area contributed by atoms with Crippen molar-refractivity contribution in [2.75, 3.05) is 20.8 Å². The van der Waals surface area contributed by atoms with Crippen molar-refractivity contribution in [2.24, 2.45) is 0 Å². The van der Waals surface area contributed by atoms with E-state index in [2.05, 4.69) is 68.8 Å². The summed E-state index contributed by atoms with van der Waals surface area (Å²) in [6.07, 6.45) is 5.29. The lowest BCUT2D eigenvalue weighted by molar-refractivity contribution is -0.140. The van der Waals surface area contributed by atoms with Crippen molar-refractivity contribution in [1.29, 1.82) is 0 Å². The summed E-state index contributed by atoms with van der Waals surface area (Å²) < 4.78 is 15.7. The molecule has 3 atom stereocenters. The first-order valence-corrected chi connectivity index (χ1v) is 14.7. The molecule has 2 aromatic carbocycles. The molecular formula is C33H37N5O5. The van der Waals surface area contributed by atoms with Gasteiger partial charge >= 0.3 is 6.09 Å². The first-order chi connectivity index (χ1) is 21.0. The van der Waals surface area contributed by atoms with E-state index in [9.17, 15) is 9.59 Å². The van der Waals surface area contributed by atoms with Crippen LogP contribution in [0.15, 0.2) is 60.9 Å². The molecule has 0 aliphatic carbocycles. The first-order valence-electron chi connectivity index (χ1n) is 14.7. The molecule has 0 saturated carbocycles. The van der Waals surface area contributed by atoms with Crippen molar-refractivity contribution >= 4 is 12.0 Å². The molecule has 6 rings (SSSR count). The minimum Gasteiger partial charge on any atom is -0.453 e. The molecule has 1 saturated heterocycles. The van der Waals surface area contributed by atoms with Crippen molar-refractivity contribution in [3.05, 3.63) is 77.9 Å². The maximum absolute atomic E-state index is 13.6. The number of aromatic nitrogens is 3. The van der Waals surface area contributed by atoms with Crippen molar-refractivity contribution in [3.8, 4) is 33.6 Å². The van der Waals surface area contributed by atoms with E-state index >= 15 is 0 Å². The van der Waals surface area contributed by atoms with Crippen LogP contribution in [0.1, 0.15) is 49.2 Å². The summed E-state index contributed by atoms with van der Waals surface area (Å²) in [5.41, 5.74) is 8.91. The van der Waals surface area contributed by atoms with Gasteiger partial charge in [0.1, 0.15) is 11.9 Å². The summed E-state index contributed by atoms with van der Waals surface area (Å²) in [6, 6.07) is 15.8. The molecule has 10 nitrogen and oxygen atoms in total. The number of carbonyl (C=O) groups excluding carboxylic acids is 2. The normalized spacial score (nSPS) is 17.7. The van der Waals surface area contributed by atoms with E-state index in [0.29, 0.717) is 19.8 Å².